The van der Waals surface area contributed by atoms with E-state index < -0.39 is 6.04 Å². The molecule has 1 heterocycles. The lowest BCUT2D eigenvalue weighted by molar-refractivity contribution is -0.113. The number of phenolic OH excluding ortho intramolecular Hbond substituents is 1. The standard InChI is InChI=1S/C18H17N3O2S/c1-11-15(17(23)20-12-7-3-2-4-8-12)16(21-18(24)19-11)13-9-5-6-10-14(13)22/h2-10,16,22H,1H3,(H,20,23)(H2,19,21,24)/t16-/m1/s1. The second kappa shape index (κ2) is 6.72. The highest BCUT2D eigenvalue weighted by molar-refractivity contribution is 7.80. The van der Waals surface area contributed by atoms with Crippen molar-refractivity contribution in [2.45, 2.75) is 13.0 Å². The van der Waals surface area contributed by atoms with Gasteiger partial charge in [0.2, 0.25) is 0 Å². The van der Waals surface area contributed by atoms with Crippen molar-refractivity contribution >= 4 is 28.9 Å². The minimum atomic E-state index is -0.524. The van der Waals surface area contributed by atoms with Crippen molar-refractivity contribution < 1.29 is 9.90 Å². The zero-order valence-corrected chi connectivity index (χ0v) is 13.9. The predicted octanol–water partition coefficient (Wildman–Crippen LogP) is 2.82. The van der Waals surface area contributed by atoms with Crippen molar-refractivity contribution in [3.8, 4) is 5.75 Å². The number of para-hydroxylation sites is 2. The Bertz CT molecular complexity index is 818. The summed E-state index contributed by atoms with van der Waals surface area (Å²) in [6.07, 6.45) is 0. The molecule has 24 heavy (non-hydrogen) atoms. The summed E-state index contributed by atoms with van der Waals surface area (Å²) in [6.45, 7) is 1.79. The minimum Gasteiger partial charge on any atom is -0.508 e. The average molecular weight is 339 g/mol. The lowest BCUT2D eigenvalue weighted by Gasteiger charge is -2.30. The molecule has 122 valence electrons. The molecule has 2 aromatic carbocycles. The highest BCUT2D eigenvalue weighted by atomic mass is 32.1. The van der Waals surface area contributed by atoms with Crippen LogP contribution in [0.2, 0.25) is 0 Å². The van der Waals surface area contributed by atoms with Crippen molar-refractivity contribution in [3.05, 3.63) is 71.4 Å². The first-order chi connectivity index (χ1) is 11.6. The van der Waals surface area contributed by atoms with E-state index in [2.05, 4.69) is 16.0 Å². The van der Waals surface area contributed by atoms with Crippen LogP contribution in [0.1, 0.15) is 18.5 Å². The number of hydrogen-bond acceptors (Lipinski definition) is 3. The molecular formula is C18H17N3O2S. The van der Waals surface area contributed by atoms with Gasteiger partial charge in [-0.15, -0.1) is 0 Å². The summed E-state index contributed by atoms with van der Waals surface area (Å²) in [6, 6.07) is 15.6. The zero-order valence-electron chi connectivity index (χ0n) is 13.0. The second-order valence-corrected chi connectivity index (χ2v) is 5.86. The third-order valence-corrected chi connectivity index (χ3v) is 4.01. The first-order valence-corrected chi connectivity index (χ1v) is 7.89. The fourth-order valence-corrected chi connectivity index (χ4v) is 2.95. The lowest BCUT2D eigenvalue weighted by atomic mass is 9.94. The Kier molecular flexibility index (Phi) is 4.48. The molecule has 0 radical (unpaired) electrons. The zero-order chi connectivity index (χ0) is 17.1. The Hall–Kier alpha value is -2.86. The van der Waals surface area contributed by atoms with Gasteiger partial charge in [0.15, 0.2) is 5.11 Å². The number of amides is 1. The van der Waals surface area contributed by atoms with Crippen LogP contribution in [0.25, 0.3) is 0 Å². The van der Waals surface area contributed by atoms with Gasteiger partial charge in [0.05, 0.1) is 11.6 Å². The van der Waals surface area contributed by atoms with E-state index in [1.54, 1.807) is 25.1 Å². The van der Waals surface area contributed by atoms with Gasteiger partial charge in [-0.25, -0.2) is 0 Å². The lowest BCUT2D eigenvalue weighted by Crippen LogP contribution is -2.45. The van der Waals surface area contributed by atoms with Gasteiger partial charge in [-0.3, -0.25) is 4.79 Å². The maximum Gasteiger partial charge on any atom is 0.255 e. The number of thiocarbonyl (C=S) groups is 1. The van der Waals surface area contributed by atoms with Gasteiger partial charge >= 0.3 is 0 Å². The summed E-state index contributed by atoms with van der Waals surface area (Å²) in [5, 5.41) is 19.5. The summed E-state index contributed by atoms with van der Waals surface area (Å²) < 4.78 is 0. The number of carbonyl (C=O) groups is 1. The molecule has 0 bridgehead atoms. The highest BCUT2D eigenvalue weighted by Gasteiger charge is 2.31. The van der Waals surface area contributed by atoms with Crippen LogP contribution in [0.15, 0.2) is 65.9 Å². The van der Waals surface area contributed by atoms with E-state index in [9.17, 15) is 9.90 Å². The molecule has 0 aromatic heterocycles. The SMILES string of the molecule is CC1=C(C(=O)Nc2ccccc2)[C@@H](c2ccccc2O)NC(=S)N1. The van der Waals surface area contributed by atoms with Gasteiger partial charge in [-0.05, 0) is 37.3 Å². The molecule has 0 saturated carbocycles. The van der Waals surface area contributed by atoms with Crippen molar-refractivity contribution in [1.82, 2.24) is 10.6 Å². The van der Waals surface area contributed by atoms with Crippen molar-refractivity contribution in [3.63, 3.8) is 0 Å². The van der Waals surface area contributed by atoms with E-state index in [4.69, 9.17) is 12.2 Å². The molecule has 1 aliphatic rings. The van der Waals surface area contributed by atoms with Crippen LogP contribution in [0, 0.1) is 0 Å². The molecule has 1 aliphatic heterocycles. The number of hydrogen-bond donors (Lipinski definition) is 4. The molecule has 5 nitrogen and oxygen atoms in total. The van der Waals surface area contributed by atoms with E-state index in [-0.39, 0.29) is 11.7 Å². The Labute approximate surface area is 145 Å². The molecule has 0 saturated heterocycles. The number of anilines is 1. The summed E-state index contributed by atoms with van der Waals surface area (Å²) in [7, 11) is 0. The number of nitrogens with one attached hydrogen (secondary N) is 3. The molecule has 1 amide bonds. The van der Waals surface area contributed by atoms with Crippen molar-refractivity contribution in [2.24, 2.45) is 0 Å². The Balaban J connectivity index is 1.98. The number of allylic oxidation sites excluding steroid dienone is 1. The topological polar surface area (TPSA) is 73.4 Å². The fraction of sp³-hybridized carbons (Fsp3) is 0.111. The normalized spacial score (nSPS) is 17.0. The first-order valence-electron chi connectivity index (χ1n) is 7.49. The van der Waals surface area contributed by atoms with E-state index in [1.807, 2.05) is 36.4 Å². The van der Waals surface area contributed by atoms with Crippen molar-refractivity contribution in [1.29, 1.82) is 0 Å². The second-order valence-electron chi connectivity index (χ2n) is 5.45. The van der Waals surface area contributed by atoms with Crippen LogP contribution >= 0.6 is 12.2 Å². The fourth-order valence-electron chi connectivity index (χ4n) is 2.68. The molecular weight excluding hydrogens is 322 g/mol. The maximum absolute atomic E-state index is 12.8. The van der Waals surface area contributed by atoms with Gasteiger partial charge < -0.3 is 21.1 Å². The monoisotopic (exact) mass is 339 g/mol. The van der Waals surface area contributed by atoms with E-state index in [0.717, 1.165) is 0 Å². The summed E-state index contributed by atoms with van der Waals surface area (Å²) >= 11 is 5.20. The Morgan fingerprint density at radius 3 is 2.50 bits per heavy atom. The molecule has 0 spiro atoms. The van der Waals surface area contributed by atoms with E-state index >= 15 is 0 Å². The average Bonchev–Trinajstić information content (AvgIpc) is 2.55. The van der Waals surface area contributed by atoms with Gasteiger partial charge in [0.1, 0.15) is 5.75 Å². The first kappa shape index (κ1) is 16.0. The highest BCUT2D eigenvalue weighted by Crippen LogP contribution is 2.32. The molecule has 2 aromatic rings. The maximum atomic E-state index is 12.8. The van der Waals surface area contributed by atoms with E-state index in [0.29, 0.717) is 27.6 Å². The molecule has 6 heteroatoms. The van der Waals surface area contributed by atoms with Crippen LogP contribution in [-0.4, -0.2) is 16.1 Å². The number of carbonyl (C=O) groups excluding carboxylic acids is 1. The van der Waals surface area contributed by atoms with Crippen LogP contribution in [0.5, 0.6) is 5.75 Å². The quantitative estimate of drug-likeness (QED) is 0.647. The van der Waals surface area contributed by atoms with E-state index in [1.165, 1.54) is 0 Å². The third kappa shape index (κ3) is 3.23. The van der Waals surface area contributed by atoms with Crippen LogP contribution in [0.3, 0.4) is 0 Å². The summed E-state index contributed by atoms with van der Waals surface area (Å²) in [5.74, 6) is -0.146. The molecule has 3 rings (SSSR count). The largest absolute Gasteiger partial charge is 0.508 e. The number of aromatic hydroxyl groups is 1. The van der Waals surface area contributed by atoms with Crippen LogP contribution < -0.4 is 16.0 Å². The molecule has 0 aliphatic carbocycles. The minimum absolute atomic E-state index is 0.109. The molecule has 0 fully saturated rings. The number of phenols is 1. The number of rotatable bonds is 3. The van der Waals surface area contributed by atoms with Gasteiger partial charge in [0.25, 0.3) is 5.91 Å². The Morgan fingerprint density at radius 2 is 1.79 bits per heavy atom. The molecule has 0 unspecified atom stereocenters. The van der Waals surface area contributed by atoms with Gasteiger partial charge in [-0.1, -0.05) is 36.4 Å². The van der Waals surface area contributed by atoms with Crippen molar-refractivity contribution in [2.75, 3.05) is 5.32 Å². The van der Waals surface area contributed by atoms with Crippen LogP contribution in [-0.2, 0) is 4.79 Å². The van der Waals surface area contributed by atoms with Gasteiger partial charge in [-0.2, -0.15) is 0 Å². The van der Waals surface area contributed by atoms with Gasteiger partial charge in [0, 0.05) is 16.9 Å². The predicted molar refractivity (Wildman–Crippen MR) is 97.5 cm³/mol. The Morgan fingerprint density at radius 1 is 1.12 bits per heavy atom. The number of benzene rings is 2. The van der Waals surface area contributed by atoms with Crippen LogP contribution in [0.4, 0.5) is 5.69 Å². The smallest absolute Gasteiger partial charge is 0.255 e. The summed E-state index contributed by atoms with van der Waals surface area (Å²) in [5.41, 5.74) is 2.43. The third-order valence-electron chi connectivity index (χ3n) is 3.79. The molecule has 1 atom stereocenters. The molecule has 4 N–H and O–H groups in total. The summed E-state index contributed by atoms with van der Waals surface area (Å²) in [4.78, 5) is 12.8.